The third-order valence-corrected chi connectivity index (χ3v) is 3.65. The summed E-state index contributed by atoms with van der Waals surface area (Å²) in [5.74, 6) is 0. The second-order valence-electron chi connectivity index (χ2n) is 3.74. The second-order valence-corrected chi connectivity index (χ2v) is 4.75. The molecular formula is C11H10N6S. The molecule has 6 nitrogen and oxygen atoms in total. The number of tetrazole rings is 1. The van der Waals surface area contributed by atoms with Crippen LogP contribution < -0.4 is 5.73 Å². The Morgan fingerprint density at radius 2 is 2.17 bits per heavy atom. The number of aromatic nitrogens is 5. The third-order valence-electron chi connectivity index (χ3n) is 2.54. The predicted molar refractivity (Wildman–Crippen MR) is 69.1 cm³/mol. The molecule has 0 unspecified atom stereocenters. The lowest BCUT2D eigenvalue weighted by molar-refractivity contribution is 0.664. The number of benzene rings is 1. The molecule has 2 aromatic heterocycles. The van der Waals surface area contributed by atoms with Crippen molar-refractivity contribution in [2.24, 2.45) is 7.05 Å². The van der Waals surface area contributed by atoms with Gasteiger partial charge in [-0.25, -0.2) is 4.68 Å². The summed E-state index contributed by atoms with van der Waals surface area (Å²) in [5.41, 5.74) is 7.39. The van der Waals surface area contributed by atoms with Gasteiger partial charge in [0.25, 0.3) is 0 Å². The summed E-state index contributed by atoms with van der Waals surface area (Å²) in [6.45, 7) is 0. The van der Waals surface area contributed by atoms with E-state index >= 15 is 0 Å². The standard InChI is InChI=1S/C11H10N6S/c1-17-11(14-15-16-17)18-9-5-6-13-10-7(9)3-2-4-8(10)12/h2-6H,12H2,1H3. The van der Waals surface area contributed by atoms with E-state index in [1.54, 1.807) is 17.9 Å². The fourth-order valence-electron chi connectivity index (χ4n) is 1.67. The Bertz CT molecular complexity index is 708. The maximum Gasteiger partial charge on any atom is 0.213 e. The van der Waals surface area contributed by atoms with Gasteiger partial charge in [-0.15, -0.1) is 5.10 Å². The molecule has 0 aliphatic carbocycles. The molecule has 90 valence electrons. The normalized spacial score (nSPS) is 10.9. The van der Waals surface area contributed by atoms with Gasteiger partial charge in [0.15, 0.2) is 0 Å². The molecular weight excluding hydrogens is 248 g/mol. The number of nitrogen functional groups attached to an aromatic ring is 1. The van der Waals surface area contributed by atoms with E-state index in [2.05, 4.69) is 20.5 Å². The molecule has 2 N–H and O–H groups in total. The monoisotopic (exact) mass is 258 g/mol. The number of anilines is 1. The lowest BCUT2D eigenvalue weighted by atomic mass is 10.2. The van der Waals surface area contributed by atoms with Gasteiger partial charge in [-0.2, -0.15) is 0 Å². The van der Waals surface area contributed by atoms with Crippen molar-refractivity contribution in [2.75, 3.05) is 5.73 Å². The molecule has 0 radical (unpaired) electrons. The van der Waals surface area contributed by atoms with Gasteiger partial charge in [0.1, 0.15) is 0 Å². The Hall–Kier alpha value is -2.15. The van der Waals surface area contributed by atoms with E-state index < -0.39 is 0 Å². The van der Waals surface area contributed by atoms with Crippen molar-refractivity contribution >= 4 is 28.4 Å². The van der Waals surface area contributed by atoms with Crippen LogP contribution >= 0.6 is 11.8 Å². The molecule has 0 saturated carbocycles. The molecule has 2 heterocycles. The summed E-state index contributed by atoms with van der Waals surface area (Å²) in [6.07, 6.45) is 1.74. The quantitative estimate of drug-likeness (QED) is 0.701. The molecule has 18 heavy (non-hydrogen) atoms. The molecule has 0 atom stereocenters. The largest absolute Gasteiger partial charge is 0.397 e. The van der Waals surface area contributed by atoms with E-state index in [0.717, 1.165) is 21.0 Å². The highest BCUT2D eigenvalue weighted by Crippen LogP contribution is 2.32. The first-order chi connectivity index (χ1) is 8.75. The molecule has 3 aromatic rings. The van der Waals surface area contributed by atoms with Crippen molar-refractivity contribution in [1.29, 1.82) is 0 Å². The molecule has 0 fully saturated rings. The Labute approximate surface area is 107 Å². The summed E-state index contributed by atoms with van der Waals surface area (Å²) >= 11 is 1.49. The zero-order valence-electron chi connectivity index (χ0n) is 9.61. The van der Waals surface area contributed by atoms with E-state index in [4.69, 9.17) is 5.73 Å². The number of nitrogens with zero attached hydrogens (tertiary/aromatic N) is 5. The number of rotatable bonds is 2. The maximum atomic E-state index is 5.91. The number of aryl methyl sites for hydroxylation is 1. The fourth-order valence-corrected chi connectivity index (χ4v) is 2.51. The van der Waals surface area contributed by atoms with Gasteiger partial charge < -0.3 is 5.73 Å². The zero-order chi connectivity index (χ0) is 12.5. The van der Waals surface area contributed by atoms with Gasteiger partial charge in [0, 0.05) is 23.5 Å². The predicted octanol–water partition coefficient (Wildman–Crippen LogP) is 1.49. The zero-order valence-corrected chi connectivity index (χ0v) is 10.4. The summed E-state index contributed by atoms with van der Waals surface area (Å²) < 4.78 is 1.63. The summed E-state index contributed by atoms with van der Waals surface area (Å²) in [6, 6.07) is 7.68. The highest BCUT2D eigenvalue weighted by molar-refractivity contribution is 7.99. The number of hydrogen-bond acceptors (Lipinski definition) is 6. The van der Waals surface area contributed by atoms with Crippen LogP contribution in [-0.2, 0) is 7.05 Å². The van der Waals surface area contributed by atoms with Gasteiger partial charge >= 0.3 is 0 Å². The Morgan fingerprint density at radius 3 is 2.94 bits per heavy atom. The van der Waals surface area contributed by atoms with Crippen LogP contribution in [0.3, 0.4) is 0 Å². The van der Waals surface area contributed by atoms with Crippen molar-refractivity contribution in [3.05, 3.63) is 30.5 Å². The molecule has 0 spiro atoms. The SMILES string of the molecule is Cn1nnnc1Sc1ccnc2c(N)cccc12. The lowest BCUT2D eigenvalue weighted by Crippen LogP contribution is -1.94. The van der Waals surface area contributed by atoms with Crippen molar-refractivity contribution in [2.45, 2.75) is 10.1 Å². The third kappa shape index (κ3) is 1.78. The number of nitrogens with two attached hydrogens (primary N) is 1. The molecule has 0 bridgehead atoms. The average molecular weight is 258 g/mol. The highest BCUT2D eigenvalue weighted by Gasteiger charge is 2.09. The first-order valence-electron chi connectivity index (χ1n) is 5.29. The van der Waals surface area contributed by atoms with Gasteiger partial charge in [0.2, 0.25) is 5.16 Å². The Morgan fingerprint density at radius 1 is 1.28 bits per heavy atom. The van der Waals surface area contributed by atoms with E-state index in [0.29, 0.717) is 5.69 Å². The topological polar surface area (TPSA) is 82.5 Å². The van der Waals surface area contributed by atoms with E-state index in [9.17, 15) is 0 Å². The van der Waals surface area contributed by atoms with Crippen LogP contribution in [0.4, 0.5) is 5.69 Å². The molecule has 3 rings (SSSR count). The molecule has 0 aliphatic heterocycles. The number of hydrogen-bond donors (Lipinski definition) is 1. The van der Waals surface area contributed by atoms with Crippen LogP contribution in [0.5, 0.6) is 0 Å². The van der Waals surface area contributed by atoms with Crippen molar-refractivity contribution in [1.82, 2.24) is 25.2 Å². The first kappa shape index (κ1) is 11.0. The van der Waals surface area contributed by atoms with Gasteiger partial charge in [0.05, 0.1) is 11.2 Å². The average Bonchev–Trinajstić information content (AvgIpc) is 2.77. The highest BCUT2D eigenvalue weighted by atomic mass is 32.2. The molecule has 0 amide bonds. The minimum absolute atomic E-state index is 0.672. The van der Waals surface area contributed by atoms with E-state index in [1.165, 1.54) is 11.8 Å². The number of fused-ring (bicyclic) bond motifs is 1. The Balaban J connectivity index is 2.13. The summed E-state index contributed by atoms with van der Waals surface area (Å²) in [5, 5.41) is 13.1. The second kappa shape index (κ2) is 4.26. The van der Waals surface area contributed by atoms with Crippen LogP contribution in [0, 0.1) is 0 Å². The summed E-state index contributed by atoms with van der Waals surface area (Å²) in [7, 11) is 1.81. The van der Waals surface area contributed by atoms with Crippen molar-refractivity contribution in [3.63, 3.8) is 0 Å². The van der Waals surface area contributed by atoms with Crippen LogP contribution in [0.15, 0.2) is 40.5 Å². The number of para-hydroxylation sites is 1. The van der Waals surface area contributed by atoms with Crippen molar-refractivity contribution < 1.29 is 0 Å². The lowest BCUT2D eigenvalue weighted by Gasteiger charge is -2.05. The van der Waals surface area contributed by atoms with Crippen LogP contribution in [-0.4, -0.2) is 25.2 Å². The molecule has 0 aliphatic rings. The van der Waals surface area contributed by atoms with Gasteiger partial charge in [-0.05, 0) is 34.3 Å². The van der Waals surface area contributed by atoms with Crippen LogP contribution in [0.1, 0.15) is 0 Å². The minimum atomic E-state index is 0.672. The first-order valence-corrected chi connectivity index (χ1v) is 6.11. The number of pyridine rings is 1. The molecule has 1 aromatic carbocycles. The molecule has 7 heteroatoms. The fraction of sp³-hybridized carbons (Fsp3) is 0.0909. The Kier molecular flexibility index (Phi) is 2.60. The van der Waals surface area contributed by atoms with Crippen LogP contribution in [0.2, 0.25) is 0 Å². The van der Waals surface area contributed by atoms with Crippen molar-refractivity contribution in [3.8, 4) is 0 Å². The summed E-state index contributed by atoms with van der Waals surface area (Å²) in [4.78, 5) is 5.33. The molecule has 0 saturated heterocycles. The van der Waals surface area contributed by atoms with Gasteiger partial charge in [-0.3, -0.25) is 4.98 Å². The smallest absolute Gasteiger partial charge is 0.213 e. The van der Waals surface area contributed by atoms with E-state index in [-0.39, 0.29) is 0 Å². The minimum Gasteiger partial charge on any atom is -0.397 e. The van der Waals surface area contributed by atoms with E-state index in [1.807, 2.05) is 24.3 Å². The maximum absolute atomic E-state index is 5.91. The van der Waals surface area contributed by atoms with Gasteiger partial charge in [-0.1, -0.05) is 12.1 Å². The van der Waals surface area contributed by atoms with Crippen LogP contribution in [0.25, 0.3) is 10.9 Å².